The van der Waals surface area contributed by atoms with Gasteiger partial charge in [0.2, 0.25) is 0 Å². The van der Waals surface area contributed by atoms with E-state index in [-0.39, 0.29) is 5.54 Å². The second-order valence-corrected chi connectivity index (χ2v) is 6.84. The van der Waals surface area contributed by atoms with Gasteiger partial charge in [0.15, 0.2) is 0 Å². The molecular weight excluding hydrogens is 288 g/mol. The highest BCUT2D eigenvalue weighted by atomic mass is 79.9. The number of rotatable bonds is 1. The third-order valence-electron chi connectivity index (χ3n) is 3.79. The quantitative estimate of drug-likeness (QED) is 0.850. The van der Waals surface area contributed by atoms with E-state index in [2.05, 4.69) is 72.0 Å². The lowest BCUT2D eigenvalue weighted by molar-refractivity contribution is 0.447. The van der Waals surface area contributed by atoms with E-state index in [9.17, 15) is 0 Å². The monoisotopic (exact) mass is 310 g/mol. The molecule has 1 N–H and O–H groups in total. The predicted octanol–water partition coefficient (Wildman–Crippen LogP) is 3.72. The van der Waals surface area contributed by atoms with Crippen LogP contribution < -0.4 is 10.2 Å². The highest BCUT2D eigenvalue weighted by molar-refractivity contribution is 9.10. The van der Waals surface area contributed by atoms with Crippen LogP contribution in [0.4, 0.5) is 5.69 Å². The molecule has 0 aliphatic carbocycles. The summed E-state index contributed by atoms with van der Waals surface area (Å²) in [7, 11) is 0. The molecule has 18 heavy (non-hydrogen) atoms. The number of hydrogen-bond acceptors (Lipinski definition) is 2. The first-order valence-corrected chi connectivity index (χ1v) is 7.46. The van der Waals surface area contributed by atoms with Crippen LogP contribution in [0, 0.1) is 6.92 Å². The normalized spacial score (nSPS) is 23.8. The molecule has 0 spiro atoms. The molecule has 100 valence electrons. The van der Waals surface area contributed by atoms with Crippen molar-refractivity contribution in [3.8, 4) is 0 Å². The van der Waals surface area contributed by atoms with Crippen molar-refractivity contribution >= 4 is 21.6 Å². The average Bonchev–Trinajstić information content (AvgIpc) is 2.40. The molecule has 1 aromatic rings. The molecule has 1 aliphatic rings. The topological polar surface area (TPSA) is 15.3 Å². The summed E-state index contributed by atoms with van der Waals surface area (Å²) in [5.41, 5.74) is 2.74. The van der Waals surface area contributed by atoms with Crippen LogP contribution in [0.3, 0.4) is 0 Å². The minimum Gasteiger partial charge on any atom is -0.364 e. The van der Waals surface area contributed by atoms with E-state index in [0.29, 0.717) is 6.04 Å². The Kier molecular flexibility index (Phi) is 4.02. The van der Waals surface area contributed by atoms with E-state index in [1.807, 2.05) is 0 Å². The van der Waals surface area contributed by atoms with E-state index in [4.69, 9.17) is 0 Å². The lowest BCUT2D eigenvalue weighted by atomic mass is 10.0. The molecule has 2 rings (SSSR count). The van der Waals surface area contributed by atoms with E-state index in [0.717, 1.165) is 13.1 Å². The SMILES string of the molecule is Cc1ccc(N2CCC(C)NCC2(C)C)c(Br)c1. The first-order chi connectivity index (χ1) is 8.40. The third-order valence-corrected chi connectivity index (χ3v) is 4.43. The Morgan fingerprint density at radius 2 is 2.11 bits per heavy atom. The fourth-order valence-electron chi connectivity index (χ4n) is 2.52. The molecule has 2 nitrogen and oxygen atoms in total. The van der Waals surface area contributed by atoms with Crippen molar-refractivity contribution in [1.29, 1.82) is 0 Å². The third kappa shape index (κ3) is 2.89. The summed E-state index contributed by atoms with van der Waals surface area (Å²) in [4.78, 5) is 2.52. The van der Waals surface area contributed by atoms with Gasteiger partial charge in [0.05, 0.1) is 5.69 Å². The van der Waals surface area contributed by atoms with Gasteiger partial charge in [-0.2, -0.15) is 0 Å². The minimum absolute atomic E-state index is 0.141. The Balaban J connectivity index is 2.34. The zero-order chi connectivity index (χ0) is 13.3. The van der Waals surface area contributed by atoms with Crippen molar-refractivity contribution in [1.82, 2.24) is 5.32 Å². The van der Waals surface area contributed by atoms with Crippen LogP contribution in [0.1, 0.15) is 32.8 Å². The molecule has 1 aliphatic heterocycles. The van der Waals surface area contributed by atoms with Gasteiger partial charge in [-0.3, -0.25) is 0 Å². The van der Waals surface area contributed by atoms with Gasteiger partial charge in [0.25, 0.3) is 0 Å². The number of halogens is 1. The Morgan fingerprint density at radius 3 is 2.78 bits per heavy atom. The maximum atomic E-state index is 3.71. The van der Waals surface area contributed by atoms with Gasteiger partial charge < -0.3 is 10.2 Å². The number of nitrogens with one attached hydrogen (secondary N) is 1. The summed E-state index contributed by atoms with van der Waals surface area (Å²) >= 11 is 3.71. The van der Waals surface area contributed by atoms with Gasteiger partial charge in [0.1, 0.15) is 0 Å². The molecule has 0 amide bonds. The summed E-state index contributed by atoms with van der Waals surface area (Å²) in [6.07, 6.45) is 1.18. The first kappa shape index (κ1) is 13.9. The van der Waals surface area contributed by atoms with Crippen molar-refractivity contribution in [2.45, 2.75) is 45.7 Å². The van der Waals surface area contributed by atoms with E-state index in [1.54, 1.807) is 0 Å². The van der Waals surface area contributed by atoms with Crippen molar-refractivity contribution in [2.75, 3.05) is 18.0 Å². The Hall–Kier alpha value is -0.540. The number of aryl methyl sites for hydroxylation is 1. The second-order valence-electron chi connectivity index (χ2n) is 5.99. The average molecular weight is 311 g/mol. The van der Waals surface area contributed by atoms with Gasteiger partial charge in [-0.15, -0.1) is 0 Å². The van der Waals surface area contributed by atoms with E-state index in [1.165, 1.54) is 22.1 Å². The molecule has 1 heterocycles. The van der Waals surface area contributed by atoms with Crippen LogP contribution in [0.2, 0.25) is 0 Å². The standard InChI is InChI=1S/C15H23BrN2/c1-11-5-6-14(13(16)9-11)18-8-7-12(2)17-10-15(18,3)4/h5-6,9,12,17H,7-8,10H2,1-4H3. The number of anilines is 1. The molecule has 0 aromatic heterocycles. The molecular formula is C15H23BrN2. The van der Waals surface area contributed by atoms with Gasteiger partial charge in [-0.25, -0.2) is 0 Å². The fraction of sp³-hybridized carbons (Fsp3) is 0.600. The smallest absolute Gasteiger partial charge is 0.0515 e. The molecule has 1 fully saturated rings. The van der Waals surface area contributed by atoms with Gasteiger partial charge in [0, 0.05) is 29.1 Å². The predicted molar refractivity (Wildman–Crippen MR) is 82.4 cm³/mol. The van der Waals surface area contributed by atoms with Crippen LogP contribution >= 0.6 is 15.9 Å². The lowest BCUT2D eigenvalue weighted by Crippen LogP contribution is -2.49. The van der Waals surface area contributed by atoms with Crippen LogP contribution in [-0.4, -0.2) is 24.7 Å². The van der Waals surface area contributed by atoms with Gasteiger partial charge in [-0.1, -0.05) is 6.07 Å². The van der Waals surface area contributed by atoms with Gasteiger partial charge >= 0.3 is 0 Å². The summed E-state index contributed by atoms with van der Waals surface area (Å²) < 4.78 is 1.20. The minimum atomic E-state index is 0.141. The lowest BCUT2D eigenvalue weighted by Gasteiger charge is -2.39. The number of benzene rings is 1. The maximum absolute atomic E-state index is 3.71. The van der Waals surface area contributed by atoms with Gasteiger partial charge in [-0.05, 0) is 67.7 Å². The maximum Gasteiger partial charge on any atom is 0.0515 e. The second kappa shape index (κ2) is 5.22. The van der Waals surface area contributed by atoms with Crippen LogP contribution in [0.15, 0.2) is 22.7 Å². The Labute approximate surface area is 119 Å². The van der Waals surface area contributed by atoms with Crippen LogP contribution in [0.25, 0.3) is 0 Å². The number of nitrogens with zero attached hydrogens (tertiary/aromatic N) is 1. The molecule has 0 bridgehead atoms. The number of hydrogen-bond donors (Lipinski definition) is 1. The zero-order valence-electron chi connectivity index (χ0n) is 11.8. The Bertz CT molecular complexity index is 429. The summed E-state index contributed by atoms with van der Waals surface area (Å²) in [5.74, 6) is 0. The van der Waals surface area contributed by atoms with Crippen LogP contribution in [-0.2, 0) is 0 Å². The highest BCUT2D eigenvalue weighted by Crippen LogP contribution is 2.33. The Morgan fingerprint density at radius 1 is 1.39 bits per heavy atom. The highest BCUT2D eigenvalue weighted by Gasteiger charge is 2.31. The van der Waals surface area contributed by atoms with Crippen molar-refractivity contribution < 1.29 is 0 Å². The van der Waals surface area contributed by atoms with Crippen molar-refractivity contribution in [3.05, 3.63) is 28.2 Å². The molecule has 0 saturated carbocycles. The molecule has 1 aromatic carbocycles. The molecule has 1 atom stereocenters. The van der Waals surface area contributed by atoms with Crippen molar-refractivity contribution in [2.24, 2.45) is 0 Å². The summed E-state index contributed by atoms with van der Waals surface area (Å²) in [6, 6.07) is 7.22. The van der Waals surface area contributed by atoms with E-state index < -0.39 is 0 Å². The first-order valence-electron chi connectivity index (χ1n) is 6.67. The molecule has 1 saturated heterocycles. The zero-order valence-corrected chi connectivity index (χ0v) is 13.3. The summed E-state index contributed by atoms with van der Waals surface area (Å²) in [6.45, 7) is 11.1. The molecule has 1 unspecified atom stereocenters. The van der Waals surface area contributed by atoms with E-state index >= 15 is 0 Å². The summed E-state index contributed by atoms with van der Waals surface area (Å²) in [5, 5.41) is 3.61. The largest absolute Gasteiger partial charge is 0.364 e. The molecule has 0 radical (unpaired) electrons. The van der Waals surface area contributed by atoms with Crippen LogP contribution in [0.5, 0.6) is 0 Å². The molecule has 3 heteroatoms. The fourth-order valence-corrected chi connectivity index (χ4v) is 3.23. The van der Waals surface area contributed by atoms with Crippen molar-refractivity contribution in [3.63, 3.8) is 0 Å².